The van der Waals surface area contributed by atoms with E-state index in [1.165, 1.54) is 11.8 Å². The summed E-state index contributed by atoms with van der Waals surface area (Å²) in [4.78, 5) is 14.8. The predicted molar refractivity (Wildman–Crippen MR) is 65.3 cm³/mol. The predicted octanol–water partition coefficient (Wildman–Crippen LogP) is 0.660. The normalized spacial score (nSPS) is 10.7. The number of hydrogen-bond donors (Lipinski definition) is 1. The lowest BCUT2D eigenvalue weighted by Crippen LogP contribution is -2.11. The molecule has 2 heterocycles. The number of nitrogens with zero attached hydrogens (tertiary/aromatic N) is 5. The minimum atomic E-state index is -0.844. The summed E-state index contributed by atoms with van der Waals surface area (Å²) >= 11 is 1.22. The maximum absolute atomic E-state index is 10.6. The fourth-order valence-corrected chi connectivity index (χ4v) is 2.28. The molecule has 0 atom stereocenters. The van der Waals surface area contributed by atoms with Crippen LogP contribution in [0.5, 0.6) is 0 Å². The van der Waals surface area contributed by atoms with Crippen molar-refractivity contribution in [1.82, 2.24) is 24.5 Å². The number of rotatable bonds is 6. The lowest BCUT2D eigenvalue weighted by molar-refractivity contribution is -0.133. The number of aromatic nitrogens is 5. The molecule has 0 aliphatic heterocycles. The van der Waals surface area contributed by atoms with Crippen LogP contribution < -0.4 is 0 Å². The number of aryl methyl sites for hydroxylation is 2. The number of carboxylic acid groups (broad SMARTS) is 1. The van der Waals surface area contributed by atoms with Crippen molar-refractivity contribution in [3.63, 3.8) is 0 Å². The molecule has 0 saturated carbocycles. The van der Waals surface area contributed by atoms with E-state index >= 15 is 0 Å². The molecule has 0 amide bonds. The van der Waals surface area contributed by atoms with Crippen LogP contribution in [-0.4, -0.2) is 41.4 Å². The Morgan fingerprint density at radius 1 is 1.50 bits per heavy atom. The molecule has 0 saturated heterocycles. The first-order valence-corrected chi connectivity index (χ1v) is 6.36. The highest BCUT2D eigenvalue weighted by molar-refractivity contribution is 7.99. The van der Waals surface area contributed by atoms with E-state index in [1.807, 2.05) is 11.5 Å². The Bertz CT molecular complexity index is 522. The summed E-state index contributed by atoms with van der Waals surface area (Å²) in [6.45, 7) is 3.31. The lowest BCUT2D eigenvalue weighted by Gasteiger charge is -2.08. The molecule has 96 valence electrons. The van der Waals surface area contributed by atoms with Crippen LogP contribution in [0.4, 0.5) is 0 Å². The highest BCUT2D eigenvalue weighted by Gasteiger charge is 2.09. The van der Waals surface area contributed by atoms with Gasteiger partial charge in [0.2, 0.25) is 0 Å². The van der Waals surface area contributed by atoms with Gasteiger partial charge in [-0.1, -0.05) is 17.0 Å². The molecule has 0 unspecified atom stereocenters. The first-order valence-electron chi connectivity index (χ1n) is 5.37. The summed E-state index contributed by atoms with van der Waals surface area (Å²) in [6, 6.07) is 0. The SMILES string of the molecule is Cc1cnc(SCC(=O)O)n1CCn1ccnn1. The van der Waals surface area contributed by atoms with E-state index in [0.29, 0.717) is 13.1 Å². The molecule has 0 spiro atoms. The zero-order chi connectivity index (χ0) is 13.0. The van der Waals surface area contributed by atoms with Gasteiger partial charge < -0.3 is 9.67 Å². The highest BCUT2D eigenvalue weighted by atomic mass is 32.2. The Labute approximate surface area is 108 Å². The number of carboxylic acids is 1. The van der Waals surface area contributed by atoms with Crippen molar-refractivity contribution in [3.05, 3.63) is 24.3 Å². The summed E-state index contributed by atoms with van der Waals surface area (Å²) in [7, 11) is 0. The van der Waals surface area contributed by atoms with Crippen LogP contribution in [0.25, 0.3) is 0 Å². The van der Waals surface area contributed by atoms with Crippen LogP contribution >= 0.6 is 11.8 Å². The Balaban J connectivity index is 2.02. The molecule has 0 aliphatic rings. The maximum Gasteiger partial charge on any atom is 0.313 e. The van der Waals surface area contributed by atoms with Crippen molar-refractivity contribution < 1.29 is 9.90 Å². The van der Waals surface area contributed by atoms with Crippen LogP contribution in [0.3, 0.4) is 0 Å². The minimum Gasteiger partial charge on any atom is -0.481 e. The summed E-state index contributed by atoms with van der Waals surface area (Å²) in [6.07, 6.45) is 5.16. The van der Waals surface area contributed by atoms with E-state index in [-0.39, 0.29) is 5.75 Å². The Hall–Kier alpha value is -1.83. The molecule has 8 heteroatoms. The summed E-state index contributed by atoms with van der Waals surface area (Å²) < 4.78 is 3.71. The molecule has 2 aromatic rings. The van der Waals surface area contributed by atoms with Crippen molar-refractivity contribution in [2.24, 2.45) is 0 Å². The first kappa shape index (κ1) is 12.6. The first-order chi connectivity index (χ1) is 8.66. The van der Waals surface area contributed by atoms with Crippen molar-refractivity contribution in [2.75, 3.05) is 5.75 Å². The maximum atomic E-state index is 10.6. The second-order valence-electron chi connectivity index (χ2n) is 3.68. The molecule has 0 bridgehead atoms. The van der Waals surface area contributed by atoms with Crippen molar-refractivity contribution >= 4 is 17.7 Å². The zero-order valence-corrected chi connectivity index (χ0v) is 10.7. The standard InChI is InChI=1S/C10H13N5O2S/c1-8-6-11-10(18-7-9(16)17)15(8)5-4-14-3-2-12-13-14/h2-3,6H,4-5,7H2,1H3,(H,16,17). The zero-order valence-electron chi connectivity index (χ0n) is 9.85. The second kappa shape index (κ2) is 5.67. The molecule has 7 nitrogen and oxygen atoms in total. The Morgan fingerprint density at radius 2 is 2.33 bits per heavy atom. The van der Waals surface area contributed by atoms with Gasteiger partial charge >= 0.3 is 5.97 Å². The monoisotopic (exact) mass is 267 g/mol. The summed E-state index contributed by atoms with van der Waals surface area (Å²) in [5.41, 5.74) is 1.00. The van der Waals surface area contributed by atoms with E-state index in [0.717, 1.165) is 10.9 Å². The molecule has 0 fully saturated rings. The van der Waals surface area contributed by atoms with Crippen molar-refractivity contribution in [1.29, 1.82) is 0 Å². The molecule has 18 heavy (non-hydrogen) atoms. The smallest absolute Gasteiger partial charge is 0.313 e. The van der Waals surface area contributed by atoms with Crippen LogP contribution in [0.2, 0.25) is 0 Å². The third kappa shape index (κ3) is 3.10. The number of hydrogen-bond acceptors (Lipinski definition) is 5. The average molecular weight is 267 g/mol. The van der Waals surface area contributed by atoms with Gasteiger partial charge in [0.25, 0.3) is 0 Å². The second-order valence-corrected chi connectivity index (χ2v) is 4.62. The number of imidazole rings is 1. The van der Waals surface area contributed by atoms with Crippen molar-refractivity contribution in [3.8, 4) is 0 Å². The van der Waals surface area contributed by atoms with E-state index < -0.39 is 5.97 Å². The lowest BCUT2D eigenvalue weighted by atomic mass is 10.5. The third-order valence-corrected chi connectivity index (χ3v) is 3.34. The van der Waals surface area contributed by atoms with Gasteiger partial charge in [-0.05, 0) is 6.92 Å². The molecule has 1 N–H and O–H groups in total. The molecule has 2 rings (SSSR count). The van der Waals surface area contributed by atoms with Gasteiger partial charge in [-0.25, -0.2) is 4.98 Å². The third-order valence-electron chi connectivity index (χ3n) is 2.37. The van der Waals surface area contributed by atoms with Crippen LogP contribution in [0.1, 0.15) is 5.69 Å². The fraction of sp³-hybridized carbons (Fsp3) is 0.400. The highest BCUT2D eigenvalue weighted by Crippen LogP contribution is 2.18. The Morgan fingerprint density at radius 3 is 3.00 bits per heavy atom. The molecular formula is C10H13N5O2S. The van der Waals surface area contributed by atoms with Gasteiger partial charge in [0.15, 0.2) is 5.16 Å². The average Bonchev–Trinajstić information content (AvgIpc) is 2.94. The fourth-order valence-electron chi connectivity index (χ4n) is 1.51. The van der Waals surface area contributed by atoms with E-state index in [1.54, 1.807) is 23.3 Å². The Kier molecular flexibility index (Phi) is 3.98. The van der Waals surface area contributed by atoms with Gasteiger partial charge in [-0.2, -0.15) is 0 Å². The van der Waals surface area contributed by atoms with Crippen LogP contribution in [0, 0.1) is 6.92 Å². The van der Waals surface area contributed by atoms with E-state index in [4.69, 9.17) is 5.11 Å². The van der Waals surface area contributed by atoms with Gasteiger partial charge in [0.05, 0.1) is 18.5 Å². The number of carbonyl (C=O) groups is 1. The largest absolute Gasteiger partial charge is 0.481 e. The quantitative estimate of drug-likeness (QED) is 0.774. The molecule has 0 radical (unpaired) electrons. The van der Waals surface area contributed by atoms with Gasteiger partial charge in [-0.3, -0.25) is 9.48 Å². The summed E-state index contributed by atoms with van der Waals surface area (Å²) in [5.74, 6) is -0.830. The van der Waals surface area contributed by atoms with E-state index in [9.17, 15) is 4.79 Å². The van der Waals surface area contributed by atoms with Gasteiger partial charge in [0.1, 0.15) is 0 Å². The van der Waals surface area contributed by atoms with Crippen LogP contribution in [0.15, 0.2) is 23.7 Å². The van der Waals surface area contributed by atoms with E-state index in [2.05, 4.69) is 15.3 Å². The summed E-state index contributed by atoms with van der Waals surface area (Å²) in [5, 5.41) is 17.0. The van der Waals surface area contributed by atoms with Gasteiger partial charge in [-0.15, -0.1) is 5.10 Å². The van der Waals surface area contributed by atoms with Gasteiger partial charge in [0, 0.05) is 24.6 Å². The van der Waals surface area contributed by atoms with Crippen molar-refractivity contribution in [2.45, 2.75) is 25.2 Å². The number of thioether (sulfide) groups is 1. The minimum absolute atomic E-state index is 0.0137. The molecule has 0 aromatic carbocycles. The molecular weight excluding hydrogens is 254 g/mol. The molecule has 0 aliphatic carbocycles. The number of aliphatic carboxylic acids is 1. The topological polar surface area (TPSA) is 85.8 Å². The van der Waals surface area contributed by atoms with Crippen LogP contribution in [-0.2, 0) is 17.9 Å². The molecule has 2 aromatic heterocycles.